The summed E-state index contributed by atoms with van der Waals surface area (Å²) < 4.78 is 0. The van der Waals surface area contributed by atoms with Gasteiger partial charge in [-0.25, -0.2) is 0 Å². The van der Waals surface area contributed by atoms with Gasteiger partial charge in [-0.3, -0.25) is 4.79 Å². The zero-order chi connectivity index (χ0) is 11.5. The average Bonchev–Trinajstić information content (AvgIpc) is 2.12. The van der Waals surface area contributed by atoms with Crippen LogP contribution in [-0.4, -0.2) is 49.0 Å². The molecule has 4 heteroatoms. The van der Waals surface area contributed by atoms with Gasteiger partial charge in [-0.1, -0.05) is 13.8 Å². The van der Waals surface area contributed by atoms with Crippen molar-refractivity contribution in [2.45, 2.75) is 26.3 Å². The van der Waals surface area contributed by atoms with E-state index in [1.165, 1.54) is 12.2 Å². The number of rotatable bonds is 3. The Morgan fingerprint density at radius 1 is 1.53 bits per heavy atom. The second kappa shape index (κ2) is 5.21. The van der Waals surface area contributed by atoms with E-state index in [0.29, 0.717) is 18.0 Å². The van der Waals surface area contributed by atoms with Gasteiger partial charge in [0.2, 0.25) is 5.91 Å². The topological polar surface area (TPSA) is 32.3 Å². The number of likely N-dealkylation sites (N-methyl/N-ethyl adjacent to an activating group) is 1. The van der Waals surface area contributed by atoms with Crippen molar-refractivity contribution in [1.82, 2.24) is 10.2 Å². The molecular formula is C11H22N2OS. The Bertz CT molecular complexity index is 229. The molecule has 15 heavy (non-hydrogen) atoms. The molecule has 1 heterocycles. The van der Waals surface area contributed by atoms with Gasteiger partial charge in [0.15, 0.2) is 0 Å². The third-order valence-electron chi connectivity index (χ3n) is 2.65. The minimum atomic E-state index is 0.156. The first-order chi connectivity index (χ1) is 6.91. The molecule has 1 saturated heterocycles. The summed E-state index contributed by atoms with van der Waals surface area (Å²) >= 11 is 1.98. The van der Waals surface area contributed by atoms with Crippen molar-refractivity contribution in [2.24, 2.45) is 5.41 Å². The first-order valence-corrected chi connectivity index (χ1v) is 6.57. The van der Waals surface area contributed by atoms with Gasteiger partial charge in [0.05, 0.1) is 6.54 Å². The van der Waals surface area contributed by atoms with Crippen LogP contribution in [0.15, 0.2) is 0 Å². The number of hydrogen-bond acceptors (Lipinski definition) is 3. The molecule has 1 N–H and O–H groups in total. The van der Waals surface area contributed by atoms with Crippen LogP contribution in [0.5, 0.6) is 0 Å². The molecule has 1 aliphatic rings. The van der Waals surface area contributed by atoms with Gasteiger partial charge in [0.1, 0.15) is 0 Å². The van der Waals surface area contributed by atoms with Crippen LogP contribution in [0.4, 0.5) is 0 Å². The van der Waals surface area contributed by atoms with Crippen LogP contribution in [-0.2, 0) is 4.79 Å². The van der Waals surface area contributed by atoms with E-state index in [2.05, 4.69) is 19.2 Å². The monoisotopic (exact) mass is 230 g/mol. The number of hydrogen-bond donors (Lipinski definition) is 1. The summed E-state index contributed by atoms with van der Waals surface area (Å²) in [7, 11) is 3.59. The molecule has 0 bridgehead atoms. The molecule has 3 nitrogen and oxygen atoms in total. The lowest BCUT2D eigenvalue weighted by Crippen LogP contribution is -2.44. The van der Waals surface area contributed by atoms with E-state index in [1.807, 2.05) is 11.8 Å². The second-order valence-corrected chi connectivity index (χ2v) is 6.28. The Labute approximate surface area is 97.0 Å². The fraction of sp³-hybridized carbons (Fsp3) is 0.909. The summed E-state index contributed by atoms with van der Waals surface area (Å²) in [4.78, 5) is 13.0. The fourth-order valence-electron chi connectivity index (χ4n) is 1.78. The molecule has 0 radical (unpaired) electrons. The van der Waals surface area contributed by atoms with Gasteiger partial charge in [-0.2, -0.15) is 11.8 Å². The van der Waals surface area contributed by atoms with Gasteiger partial charge in [-0.15, -0.1) is 0 Å². The molecule has 0 aromatic carbocycles. The van der Waals surface area contributed by atoms with Gasteiger partial charge >= 0.3 is 0 Å². The third kappa shape index (κ3) is 4.43. The SMILES string of the molecule is CN(C)C(=O)CNC1CSCC(C)(C)C1. The Morgan fingerprint density at radius 2 is 2.20 bits per heavy atom. The molecule has 1 fully saturated rings. The summed E-state index contributed by atoms with van der Waals surface area (Å²) in [5.74, 6) is 2.51. The van der Waals surface area contributed by atoms with E-state index in [1.54, 1.807) is 19.0 Å². The van der Waals surface area contributed by atoms with Crippen molar-refractivity contribution >= 4 is 17.7 Å². The lowest BCUT2D eigenvalue weighted by Gasteiger charge is -2.35. The maximum atomic E-state index is 11.4. The van der Waals surface area contributed by atoms with Gasteiger partial charge in [-0.05, 0) is 17.6 Å². The molecule has 0 aromatic heterocycles. The van der Waals surface area contributed by atoms with E-state index in [4.69, 9.17) is 0 Å². The summed E-state index contributed by atoms with van der Waals surface area (Å²) in [5, 5.41) is 3.35. The van der Waals surface area contributed by atoms with Crippen molar-refractivity contribution in [3.05, 3.63) is 0 Å². The molecule has 0 aromatic rings. The van der Waals surface area contributed by atoms with E-state index >= 15 is 0 Å². The highest BCUT2D eigenvalue weighted by atomic mass is 32.2. The maximum absolute atomic E-state index is 11.4. The molecule has 0 spiro atoms. The number of nitrogens with one attached hydrogen (secondary N) is 1. The Hall–Kier alpha value is -0.220. The minimum absolute atomic E-state index is 0.156. The average molecular weight is 230 g/mol. The molecule has 0 aliphatic carbocycles. The number of thioether (sulfide) groups is 1. The van der Waals surface area contributed by atoms with Gasteiger partial charge in [0.25, 0.3) is 0 Å². The lowest BCUT2D eigenvalue weighted by atomic mass is 9.88. The molecule has 1 unspecified atom stereocenters. The molecule has 1 rings (SSSR count). The highest BCUT2D eigenvalue weighted by molar-refractivity contribution is 7.99. The maximum Gasteiger partial charge on any atom is 0.236 e. The van der Waals surface area contributed by atoms with Crippen molar-refractivity contribution < 1.29 is 4.79 Å². The zero-order valence-corrected chi connectivity index (χ0v) is 11.0. The molecule has 1 atom stereocenters. The van der Waals surface area contributed by atoms with E-state index in [0.717, 1.165) is 5.75 Å². The fourth-order valence-corrected chi connectivity index (χ4v) is 3.09. The molecule has 1 aliphatic heterocycles. The Balaban J connectivity index is 2.30. The summed E-state index contributed by atoms with van der Waals surface area (Å²) in [6.07, 6.45) is 1.17. The van der Waals surface area contributed by atoms with Crippen LogP contribution in [0, 0.1) is 5.41 Å². The van der Waals surface area contributed by atoms with Gasteiger partial charge in [0, 0.05) is 25.9 Å². The van der Waals surface area contributed by atoms with Crippen LogP contribution in [0.1, 0.15) is 20.3 Å². The molecule has 0 saturated carbocycles. The largest absolute Gasteiger partial charge is 0.348 e. The van der Waals surface area contributed by atoms with E-state index in [-0.39, 0.29) is 5.91 Å². The number of amides is 1. The molecule has 1 amide bonds. The molecular weight excluding hydrogens is 208 g/mol. The van der Waals surface area contributed by atoms with Gasteiger partial charge < -0.3 is 10.2 Å². The second-order valence-electron chi connectivity index (χ2n) is 5.25. The number of carbonyl (C=O) groups is 1. The number of nitrogens with zero attached hydrogens (tertiary/aromatic N) is 1. The predicted octanol–water partition coefficient (Wildman–Crippen LogP) is 1.20. The summed E-state index contributed by atoms with van der Waals surface area (Å²) in [6.45, 7) is 5.05. The van der Waals surface area contributed by atoms with E-state index < -0.39 is 0 Å². The Kier molecular flexibility index (Phi) is 4.46. The van der Waals surface area contributed by atoms with Crippen LogP contribution >= 0.6 is 11.8 Å². The standard InChI is InChI=1S/C11H22N2OS/c1-11(2)5-9(7-15-8-11)12-6-10(14)13(3)4/h9,12H,5-8H2,1-4H3. The third-order valence-corrected chi connectivity index (χ3v) is 4.28. The van der Waals surface area contributed by atoms with Crippen molar-refractivity contribution in [3.63, 3.8) is 0 Å². The smallest absolute Gasteiger partial charge is 0.236 e. The van der Waals surface area contributed by atoms with Crippen molar-refractivity contribution in [2.75, 3.05) is 32.1 Å². The van der Waals surface area contributed by atoms with Crippen LogP contribution in [0.25, 0.3) is 0 Å². The lowest BCUT2D eigenvalue weighted by molar-refractivity contribution is -0.127. The van der Waals surface area contributed by atoms with Crippen LogP contribution < -0.4 is 5.32 Å². The number of carbonyl (C=O) groups excluding carboxylic acids is 1. The van der Waals surface area contributed by atoms with Crippen molar-refractivity contribution in [3.8, 4) is 0 Å². The quantitative estimate of drug-likeness (QED) is 0.790. The first-order valence-electron chi connectivity index (χ1n) is 5.42. The highest BCUT2D eigenvalue weighted by Gasteiger charge is 2.28. The zero-order valence-electron chi connectivity index (χ0n) is 10.2. The Morgan fingerprint density at radius 3 is 2.73 bits per heavy atom. The van der Waals surface area contributed by atoms with Crippen LogP contribution in [0.3, 0.4) is 0 Å². The normalized spacial score (nSPS) is 24.9. The van der Waals surface area contributed by atoms with Crippen molar-refractivity contribution in [1.29, 1.82) is 0 Å². The summed E-state index contributed by atoms with van der Waals surface area (Å²) in [6, 6.07) is 0.489. The van der Waals surface area contributed by atoms with E-state index in [9.17, 15) is 4.79 Å². The summed E-state index contributed by atoms with van der Waals surface area (Å²) in [5.41, 5.74) is 0.405. The molecule has 88 valence electrons. The highest BCUT2D eigenvalue weighted by Crippen LogP contribution is 2.33. The minimum Gasteiger partial charge on any atom is -0.348 e. The predicted molar refractivity (Wildman–Crippen MR) is 66.2 cm³/mol. The first kappa shape index (κ1) is 12.8. The van der Waals surface area contributed by atoms with Crippen LogP contribution in [0.2, 0.25) is 0 Å².